The van der Waals surface area contributed by atoms with Gasteiger partial charge >= 0.3 is 6.18 Å². The van der Waals surface area contributed by atoms with Crippen LogP contribution in [0.2, 0.25) is 5.02 Å². The van der Waals surface area contributed by atoms with Gasteiger partial charge in [0.05, 0.1) is 5.56 Å². The average Bonchev–Trinajstić information content (AvgIpc) is 2.85. The van der Waals surface area contributed by atoms with Crippen LogP contribution in [-0.4, -0.2) is 35.4 Å². The first kappa shape index (κ1) is 25.0. The Morgan fingerprint density at radius 2 is 1.86 bits per heavy atom. The Bertz CT molecular complexity index is 1170. The number of likely N-dealkylation sites (tertiary alicyclic amines) is 1. The number of alkyl halides is 3. The summed E-state index contributed by atoms with van der Waals surface area (Å²) >= 11 is 6.03. The minimum Gasteiger partial charge on any atom is -0.370 e. The molecule has 4 nitrogen and oxygen atoms in total. The number of carbonyl (C=O) groups is 1. The smallest absolute Gasteiger partial charge is 0.370 e. The molecule has 0 spiro atoms. The molecule has 1 radical (unpaired) electrons. The zero-order valence-corrected chi connectivity index (χ0v) is 19.5. The molecule has 4 rings (SSSR count). The van der Waals surface area contributed by atoms with Crippen molar-refractivity contribution in [2.75, 3.05) is 25.0 Å². The molecule has 2 aromatic carbocycles. The van der Waals surface area contributed by atoms with E-state index in [4.69, 9.17) is 11.6 Å². The van der Waals surface area contributed by atoms with E-state index in [0.717, 1.165) is 18.9 Å². The second kappa shape index (κ2) is 10.6. The molecule has 1 saturated heterocycles. The molecule has 0 atom stereocenters. The predicted molar refractivity (Wildman–Crippen MR) is 128 cm³/mol. The van der Waals surface area contributed by atoms with Gasteiger partial charge in [0.25, 0.3) is 5.91 Å². The van der Waals surface area contributed by atoms with Crippen molar-refractivity contribution >= 4 is 23.3 Å². The van der Waals surface area contributed by atoms with E-state index >= 15 is 0 Å². The maximum Gasteiger partial charge on any atom is 0.417 e. The number of carbonyl (C=O) groups excluding carboxylic acids is 1. The lowest BCUT2D eigenvalue weighted by molar-refractivity contribution is -0.137. The van der Waals surface area contributed by atoms with E-state index in [0.29, 0.717) is 42.5 Å². The minimum absolute atomic E-state index is 0.0148. The van der Waals surface area contributed by atoms with Crippen molar-refractivity contribution in [2.24, 2.45) is 0 Å². The summed E-state index contributed by atoms with van der Waals surface area (Å²) in [7, 11) is 0. The lowest BCUT2D eigenvalue weighted by Gasteiger charge is -2.27. The quantitative estimate of drug-likeness (QED) is 0.382. The van der Waals surface area contributed by atoms with E-state index in [1.807, 2.05) is 0 Å². The fourth-order valence-corrected chi connectivity index (χ4v) is 4.30. The van der Waals surface area contributed by atoms with E-state index in [9.17, 15) is 22.4 Å². The van der Waals surface area contributed by atoms with Gasteiger partial charge in [-0.05, 0) is 67.6 Å². The Balaban J connectivity index is 1.50. The van der Waals surface area contributed by atoms with Crippen LogP contribution in [0.3, 0.4) is 0 Å². The maximum atomic E-state index is 13.9. The van der Waals surface area contributed by atoms with Crippen LogP contribution in [0, 0.1) is 12.2 Å². The highest BCUT2D eigenvalue weighted by atomic mass is 35.5. The molecule has 0 unspecified atom stereocenters. The number of halogens is 5. The monoisotopic (exact) mass is 504 g/mol. The highest BCUT2D eigenvalue weighted by Gasteiger charge is 2.35. The number of pyridine rings is 1. The average molecular weight is 505 g/mol. The van der Waals surface area contributed by atoms with E-state index in [1.54, 1.807) is 17.0 Å². The second-order valence-corrected chi connectivity index (χ2v) is 8.63. The molecular weight excluding hydrogens is 482 g/mol. The minimum atomic E-state index is -4.64. The molecule has 0 bridgehead atoms. The van der Waals surface area contributed by atoms with Gasteiger partial charge in [-0.1, -0.05) is 23.7 Å². The van der Waals surface area contributed by atoms with Crippen LogP contribution in [0.25, 0.3) is 11.1 Å². The second-order valence-electron chi connectivity index (χ2n) is 8.23. The molecule has 1 amide bonds. The standard InChI is InChI=1S/C26H23ClF4N3O/c27-22-5-4-6-23(28)20(22)11-12-32-24-10-8-18(16-33-24)19-9-7-17(15-21(19)26(29,30)31)25(35)34-13-2-1-3-14-34/h1,4-10,15-16H,2-3,11-14H2,(H,32,33). The highest BCUT2D eigenvalue weighted by Crippen LogP contribution is 2.38. The Hall–Kier alpha value is -3.13. The third-order valence-corrected chi connectivity index (χ3v) is 6.24. The van der Waals surface area contributed by atoms with Gasteiger partial charge in [-0.15, -0.1) is 0 Å². The fraction of sp³-hybridized carbons (Fsp3) is 0.269. The maximum absolute atomic E-state index is 13.9. The summed E-state index contributed by atoms with van der Waals surface area (Å²) < 4.78 is 55.6. The summed E-state index contributed by atoms with van der Waals surface area (Å²) in [4.78, 5) is 18.5. The van der Waals surface area contributed by atoms with Crippen LogP contribution in [0.1, 0.15) is 34.3 Å². The van der Waals surface area contributed by atoms with Gasteiger partial charge in [0.2, 0.25) is 0 Å². The fourth-order valence-electron chi connectivity index (χ4n) is 4.04. The first-order valence-electron chi connectivity index (χ1n) is 11.2. The van der Waals surface area contributed by atoms with E-state index in [-0.39, 0.29) is 16.7 Å². The lowest BCUT2D eigenvalue weighted by atomic mass is 9.97. The van der Waals surface area contributed by atoms with Crippen molar-refractivity contribution in [3.8, 4) is 11.1 Å². The van der Waals surface area contributed by atoms with E-state index in [1.165, 1.54) is 36.5 Å². The largest absolute Gasteiger partial charge is 0.417 e. The predicted octanol–water partition coefficient (Wildman–Crippen LogP) is 6.65. The third kappa shape index (κ3) is 5.93. The van der Waals surface area contributed by atoms with Crippen LogP contribution in [0.15, 0.2) is 54.7 Å². The van der Waals surface area contributed by atoms with Crippen LogP contribution < -0.4 is 5.32 Å². The molecule has 1 fully saturated rings. The molecule has 1 N–H and O–H groups in total. The van der Waals surface area contributed by atoms with Gasteiger partial charge < -0.3 is 10.2 Å². The summed E-state index contributed by atoms with van der Waals surface area (Å²) in [6.07, 6.45) is 0.541. The van der Waals surface area contributed by atoms with Crippen LogP contribution in [0.4, 0.5) is 23.4 Å². The van der Waals surface area contributed by atoms with E-state index in [2.05, 4.69) is 16.7 Å². The molecule has 2 heterocycles. The molecule has 0 saturated carbocycles. The number of benzene rings is 2. The van der Waals surface area contributed by atoms with Crippen LogP contribution >= 0.6 is 11.6 Å². The van der Waals surface area contributed by atoms with Crippen molar-refractivity contribution < 1.29 is 22.4 Å². The Morgan fingerprint density at radius 1 is 1.09 bits per heavy atom. The Morgan fingerprint density at radius 3 is 2.51 bits per heavy atom. The third-order valence-electron chi connectivity index (χ3n) is 5.88. The number of aromatic nitrogens is 1. The molecule has 3 aromatic rings. The molecule has 9 heteroatoms. The zero-order valence-electron chi connectivity index (χ0n) is 18.7. The molecule has 183 valence electrons. The number of nitrogens with zero attached hydrogens (tertiary/aromatic N) is 2. The van der Waals surface area contributed by atoms with Gasteiger partial charge in [-0.25, -0.2) is 9.37 Å². The van der Waals surface area contributed by atoms with Crippen molar-refractivity contribution in [1.29, 1.82) is 0 Å². The number of piperidine rings is 1. The molecule has 35 heavy (non-hydrogen) atoms. The zero-order chi connectivity index (χ0) is 25.0. The Labute approximate surface area is 205 Å². The summed E-state index contributed by atoms with van der Waals surface area (Å²) in [5, 5.41) is 3.35. The molecule has 1 aliphatic rings. The number of amides is 1. The number of anilines is 1. The normalized spacial score (nSPS) is 14.1. The first-order chi connectivity index (χ1) is 16.7. The molecular formula is C26H23ClF4N3O. The van der Waals surface area contributed by atoms with Crippen LogP contribution in [-0.2, 0) is 12.6 Å². The molecule has 1 aromatic heterocycles. The van der Waals surface area contributed by atoms with Gasteiger partial charge in [0, 0.05) is 47.5 Å². The van der Waals surface area contributed by atoms with E-state index < -0.39 is 23.5 Å². The number of nitrogens with one attached hydrogen (secondary N) is 1. The van der Waals surface area contributed by atoms with Crippen molar-refractivity contribution in [1.82, 2.24) is 9.88 Å². The summed E-state index contributed by atoms with van der Waals surface area (Å²) in [6, 6.07) is 11.2. The van der Waals surface area contributed by atoms with Gasteiger partial charge in [0.1, 0.15) is 11.6 Å². The van der Waals surface area contributed by atoms with Gasteiger partial charge in [0.15, 0.2) is 0 Å². The number of hydrogen-bond acceptors (Lipinski definition) is 3. The summed E-state index contributed by atoms with van der Waals surface area (Å²) in [6.45, 7) is 1.35. The van der Waals surface area contributed by atoms with Gasteiger partial charge in [-0.2, -0.15) is 13.2 Å². The van der Waals surface area contributed by atoms with Gasteiger partial charge in [-0.3, -0.25) is 4.79 Å². The number of hydrogen-bond donors (Lipinski definition) is 1. The summed E-state index contributed by atoms with van der Waals surface area (Å²) in [5.41, 5.74) is -0.278. The summed E-state index contributed by atoms with van der Waals surface area (Å²) in [5.74, 6) is -0.367. The van der Waals surface area contributed by atoms with Crippen LogP contribution in [0.5, 0.6) is 0 Å². The lowest BCUT2D eigenvalue weighted by Crippen LogP contribution is -2.35. The molecule has 1 aliphatic heterocycles. The SMILES string of the molecule is O=C(c1ccc(-c2ccc(NCCc3c(F)cccc3Cl)nc2)c(C(F)(F)F)c1)N1CC[CH]CC1. The van der Waals surface area contributed by atoms with Crippen molar-refractivity contribution in [2.45, 2.75) is 25.4 Å². The Kier molecular flexibility index (Phi) is 7.60. The van der Waals surface area contributed by atoms with Crippen molar-refractivity contribution in [3.63, 3.8) is 0 Å². The molecule has 0 aliphatic carbocycles. The highest BCUT2D eigenvalue weighted by molar-refractivity contribution is 6.31. The van der Waals surface area contributed by atoms with Crippen molar-refractivity contribution in [3.05, 3.63) is 88.7 Å². The topological polar surface area (TPSA) is 45.2 Å². The number of rotatable bonds is 6. The first-order valence-corrected chi connectivity index (χ1v) is 11.6.